The Labute approximate surface area is 92.7 Å². The monoisotopic (exact) mass is 222 g/mol. The molecule has 0 heterocycles. The van der Waals surface area contributed by atoms with Crippen molar-refractivity contribution >= 4 is 11.6 Å². The molecule has 1 aromatic carbocycles. The molecule has 1 aromatic rings. The first-order chi connectivity index (χ1) is 7.19. The number of terminal acetylenes is 1. The Morgan fingerprint density at radius 3 is 2.87 bits per heavy atom. The molecule has 0 radical (unpaired) electrons. The predicted molar refractivity (Wildman–Crippen MR) is 56.6 cm³/mol. The van der Waals surface area contributed by atoms with Crippen LogP contribution in [-0.2, 0) is 0 Å². The minimum Gasteiger partial charge on any atom is -0.287 e. The molecule has 0 spiro atoms. The molecule has 15 heavy (non-hydrogen) atoms. The van der Waals surface area contributed by atoms with Crippen LogP contribution < -0.4 is 5.32 Å². The van der Waals surface area contributed by atoms with Gasteiger partial charge in [-0.3, -0.25) is 5.32 Å². The maximum absolute atomic E-state index is 13.1. The van der Waals surface area contributed by atoms with Gasteiger partial charge in [0.05, 0.1) is 17.6 Å². The fraction of sp³-hybridized carbons (Fsp3) is 0.182. The lowest BCUT2D eigenvalue weighted by Crippen LogP contribution is -2.20. The molecule has 0 fully saturated rings. The van der Waals surface area contributed by atoms with Crippen LogP contribution in [0, 0.1) is 29.5 Å². The van der Waals surface area contributed by atoms with E-state index in [-0.39, 0.29) is 11.6 Å². The molecular formula is C11H8ClFN2. The van der Waals surface area contributed by atoms with Crippen molar-refractivity contribution in [3.05, 3.63) is 34.6 Å². The van der Waals surface area contributed by atoms with E-state index >= 15 is 0 Å². The van der Waals surface area contributed by atoms with Crippen LogP contribution in [-0.4, -0.2) is 6.54 Å². The van der Waals surface area contributed by atoms with E-state index in [0.717, 1.165) is 0 Å². The number of hydrogen-bond donors (Lipinski definition) is 1. The summed E-state index contributed by atoms with van der Waals surface area (Å²) in [7, 11) is 0. The summed E-state index contributed by atoms with van der Waals surface area (Å²) in [4.78, 5) is 0. The summed E-state index contributed by atoms with van der Waals surface area (Å²) in [5.74, 6) is 1.80. The van der Waals surface area contributed by atoms with E-state index in [0.29, 0.717) is 5.56 Å². The fourth-order valence-corrected chi connectivity index (χ4v) is 1.21. The van der Waals surface area contributed by atoms with Crippen molar-refractivity contribution in [2.24, 2.45) is 0 Å². The molecule has 0 saturated carbocycles. The van der Waals surface area contributed by atoms with E-state index in [1.165, 1.54) is 12.1 Å². The molecule has 0 saturated heterocycles. The lowest BCUT2D eigenvalue weighted by atomic mass is 10.1. The minimum atomic E-state index is -0.618. The van der Waals surface area contributed by atoms with Gasteiger partial charge in [-0.2, -0.15) is 5.26 Å². The summed E-state index contributed by atoms with van der Waals surface area (Å²) in [6, 6.07) is 5.58. The van der Waals surface area contributed by atoms with Crippen LogP contribution in [0.3, 0.4) is 0 Å². The molecule has 0 amide bonds. The first kappa shape index (κ1) is 11.5. The molecule has 1 unspecified atom stereocenters. The summed E-state index contributed by atoms with van der Waals surface area (Å²) >= 11 is 5.52. The highest BCUT2D eigenvalue weighted by atomic mass is 35.5. The molecule has 4 heteroatoms. The van der Waals surface area contributed by atoms with Crippen LogP contribution in [0.2, 0.25) is 5.02 Å². The van der Waals surface area contributed by atoms with Crippen LogP contribution in [0.4, 0.5) is 4.39 Å². The summed E-state index contributed by atoms with van der Waals surface area (Å²) in [6.07, 6.45) is 5.05. The van der Waals surface area contributed by atoms with Crippen molar-refractivity contribution < 1.29 is 4.39 Å². The molecule has 76 valence electrons. The second-order valence-electron chi connectivity index (χ2n) is 2.82. The van der Waals surface area contributed by atoms with Crippen molar-refractivity contribution in [3.8, 4) is 18.4 Å². The average molecular weight is 223 g/mol. The molecule has 1 rings (SSSR count). The van der Waals surface area contributed by atoms with Gasteiger partial charge >= 0.3 is 0 Å². The normalized spacial score (nSPS) is 11.5. The Morgan fingerprint density at radius 2 is 2.33 bits per heavy atom. The van der Waals surface area contributed by atoms with Gasteiger partial charge in [-0.05, 0) is 17.7 Å². The molecular weight excluding hydrogens is 215 g/mol. The fourth-order valence-electron chi connectivity index (χ4n) is 1.09. The van der Waals surface area contributed by atoms with Crippen molar-refractivity contribution in [3.63, 3.8) is 0 Å². The second kappa shape index (κ2) is 5.36. The van der Waals surface area contributed by atoms with Crippen LogP contribution in [0.25, 0.3) is 0 Å². The molecule has 0 bridgehead atoms. The first-order valence-electron chi connectivity index (χ1n) is 4.20. The molecule has 0 aliphatic heterocycles. The zero-order chi connectivity index (χ0) is 11.3. The van der Waals surface area contributed by atoms with Gasteiger partial charge < -0.3 is 0 Å². The van der Waals surface area contributed by atoms with Gasteiger partial charge in [-0.15, -0.1) is 6.42 Å². The highest BCUT2D eigenvalue weighted by molar-refractivity contribution is 6.30. The third-order valence-electron chi connectivity index (χ3n) is 1.81. The average Bonchev–Trinajstić information content (AvgIpc) is 2.24. The van der Waals surface area contributed by atoms with Crippen molar-refractivity contribution in [2.45, 2.75) is 6.04 Å². The summed E-state index contributed by atoms with van der Waals surface area (Å²) in [6.45, 7) is 0.252. The third-order valence-corrected chi connectivity index (χ3v) is 2.12. The van der Waals surface area contributed by atoms with Crippen molar-refractivity contribution in [1.29, 1.82) is 5.26 Å². The topological polar surface area (TPSA) is 35.8 Å². The van der Waals surface area contributed by atoms with Gasteiger partial charge in [-0.25, -0.2) is 4.39 Å². The van der Waals surface area contributed by atoms with Gasteiger partial charge in [0.25, 0.3) is 0 Å². The van der Waals surface area contributed by atoms with Crippen LogP contribution in [0.1, 0.15) is 11.6 Å². The maximum Gasteiger partial charge on any atom is 0.142 e. The van der Waals surface area contributed by atoms with E-state index in [1.54, 1.807) is 6.07 Å². The van der Waals surface area contributed by atoms with Gasteiger partial charge in [0, 0.05) is 0 Å². The zero-order valence-electron chi connectivity index (χ0n) is 7.80. The lowest BCUT2D eigenvalue weighted by Gasteiger charge is -2.09. The molecule has 2 nitrogen and oxygen atoms in total. The Kier molecular flexibility index (Phi) is 4.12. The number of halogens is 2. The predicted octanol–water partition coefficient (Wildman–Crippen LogP) is 2.27. The van der Waals surface area contributed by atoms with Gasteiger partial charge in [0.1, 0.15) is 11.9 Å². The Hall–Kier alpha value is -1.55. The largest absolute Gasteiger partial charge is 0.287 e. The van der Waals surface area contributed by atoms with E-state index in [4.69, 9.17) is 23.3 Å². The SMILES string of the molecule is C#CCNC(C#N)c1ccc(Cl)c(F)c1. The van der Waals surface area contributed by atoms with Gasteiger partial charge in [0.15, 0.2) is 0 Å². The van der Waals surface area contributed by atoms with Crippen LogP contribution >= 0.6 is 11.6 Å². The van der Waals surface area contributed by atoms with E-state index in [9.17, 15) is 4.39 Å². The highest BCUT2D eigenvalue weighted by Crippen LogP contribution is 2.19. The molecule has 0 aliphatic carbocycles. The number of nitriles is 1. The first-order valence-corrected chi connectivity index (χ1v) is 4.58. The molecule has 0 aliphatic rings. The second-order valence-corrected chi connectivity index (χ2v) is 3.23. The number of nitrogens with zero attached hydrogens (tertiary/aromatic N) is 1. The van der Waals surface area contributed by atoms with E-state index < -0.39 is 11.9 Å². The summed E-state index contributed by atoms with van der Waals surface area (Å²) < 4.78 is 13.1. The Balaban J connectivity index is 2.89. The minimum absolute atomic E-state index is 0.0346. The van der Waals surface area contributed by atoms with Crippen molar-refractivity contribution in [1.82, 2.24) is 5.32 Å². The number of hydrogen-bond acceptors (Lipinski definition) is 2. The Bertz CT molecular complexity index is 431. The quantitative estimate of drug-likeness (QED) is 0.797. The number of rotatable bonds is 3. The smallest absolute Gasteiger partial charge is 0.142 e. The van der Waals surface area contributed by atoms with Crippen LogP contribution in [0.5, 0.6) is 0 Å². The number of benzene rings is 1. The molecule has 0 aromatic heterocycles. The van der Waals surface area contributed by atoms with E-state index in [1.807, 2.05) is 6.07 Å². The van der Waals surface area contributed by atoms with Crippen LogP contribution in [0.15, 0.2) is 18.2 Å². The summed E-state index contributed by atoms with van der Waals surface area (Å²) in [5.41, 5.74) is 0.509. The van der Waals surface area contributed by atoms with Gasteiger partial charge in [0.2, 0.25) is 0 Å². The molecule has 1 atom stereocenters. The molecule has 1 N–H and O–H groups in total. The maximum atomic E-state index is 13.1. The van der Waals surface area contributed by atoms with Crippen molar-refractivity contribution in [2.75, 3.05) is 6.54 Å². The van der Waals surface area contributed by atoms with Gasteiger partial charge in [-0.1, -0.05) is 23.6 Å². The Morgan fingerprint density at radius 1 is 1.60 bits per heavy atom. The number of nitrogens with one attached hydrogen (secondary N) is 1. The standard InChI is InChI=1S/C11H8ClFN2/c1-2-5-15-11(7-14)8-3-4-9(12)10(13)6-8/h1,3-4,6,11,15H,5H2. The third kappa shape index (κ3) is 2.95. The highest BCUT2D eigenvalue weighted by Gasteiger charge is 2.10. The zero-order valence-corrected chi connectivity index (χ0v) is 8.55. The lowest BCUT2D eigenvalue weighted by molar-refractivity contribution is 0.618. The van der Waals surface area contributed by atoms with E-state index in [2.05, 4.69) is 11.2 Å². The summed E-state index contributed by atoms with van der Waals surface area (Å²) in [5, 5.41) is 11.6.